The Morgan fingerprint density at radius 2 is 1.71 bits per heavy atom. The molecule has 1 amide bonds. The fourth-order valence-electron chi connectivity index (χ4n) is 4.16. The molecule has 7 heteroatoms. The first-order valence-electron chi connectivity index (χ1n) is 11.0. The number of rotatable bonds is 5. The maximum absolute atomic E-state index is 11.6. The Balaban J connectivity index is 1.25. The highest BCUT2D eigenvalue weighted by molar-refractivity contribution is 5.82. The molecule has 2 aliphatic heterocycles. The Bertz CT molecular complexity index is 875. The van der Waals surface area contributed by atoms with Gasteiger partial charge < -0.3 is 20.4 Å². The second-order valence-corrected chi connectivity index (χ2v) is 8.09. The van der Waals surface area contributed by atoms with Crippen molar-refractivity contribution in [3.05, 3.63) is 65.7 Å². The zero-order valence-corrected chi connectivity index (χ0v) is 18.3. The highest BCUT2D eigenvalue weighted by Crippen LogP contribution is 2.16. The largest absolute Gasteiger partial charge is 0.360 e. The number of carbonyl (C=O) groups is 1. The zero-order valence-electron chi connectivity index (χ0n) is 18.3. The molecule has 0 unspecified atom stereocenters. The molecule has 0 spiro atoms. The lowest BCUT2D eigenvalue weighted by molar-refractivity contribution is -0.120. The fourth-order valence-corrected chi connectivity index (χ4v) is 4.16. The Morgan fingerprint density at radius 3 is 2.39 bits per heavy atom. The summed E-state index contributed by atoms with van der Waals surface area (Å²) in [6.45, 7) is 7.75. The van der Waals surface area contributed by atoms with E-state index in [0.29, 0.717) is 13.1 Å². The van der Waals surface area contributed by atoms with Crippen molar-refractivity contribution < 1.29 is 4.79 Å². The topological polar surface area (TPSA) is 63.2 Å². The minimum Gasteiger partial charge on any atom is -0.360 e. The number of guanidine groups is 1. The number of nitrogens with one attached hydrogen (secondary N) is 2. The van der Waals surface area contributed by atoms with Gasteiger partial charge in [-0.3, -0.25) is 14.7 Å². The molecule has 2 aromatic rings. The molecule has 2 saturated heterocycles. The van der Waals surface area contributed by atoms with Gasteiger partial charge in [-0.2, -0.15) is 0 Å². The Morgan fingerprint density at radius 1 is 0.968 bits per heavy atom. The predicted molar refractivity (Wildman–Crippen MR) is 125 cm³/mol. The van der Waals surface area contributed by atoms with Gasteiger partial charge in [0.2, 0.25) is 5.91 Å². The second-order valence-electron chi connectivity index (χ2n) is 8.09. The molecule has 0 atom stereocenters. The third kappa shape index (κ3) is 5.76. The Labute approximate surface area is 184 Å². The first-order valence-corrected chi connectivity index (χ1v) is 11.0. The van der Waals surface area contributed by atoms with Gasteiger partial charge in [0.05, 0.1) is 6.54 Å². The quantitative estimate of drug-likeness (QED) is 0.567. The number of benzene rings is 2. The fraction of sp³-hybridized carbons (Fsp3) is 0.417. The van der Waals surface area contributed by atoms with E-state index >= 15 is 0 Å². The van der Waals surface area contributed by atoms with Gasteiger partial charge >= 0.3 is 0 Å². The van der Waals surface area contributed by atoms with E-state index < -0.39 is 0 Å². The molecule has 2 heterocycles. The SMILES string of the molecule is CN=C(NCc1ccc(N2CCNC(=O)C2)cc1)N1CCN(Cc2ccccc2)CC1. The van der Waals surface area contributed by atoms with Crippen LogP contribution in [0.1, 0.15) is 11.1 Å². The number of carbonyl (C=O) groups excluding carboxylic acids is 1. The van der Waals surface area contributed by atoms with Gasteiger partial charge in [-0.25, -0.2) is 0 Å². The summed E-state index contributed by atoms with van der Waals surface area (Å²) in [7, 11) is 1.85. The van der Waals surface area contributed by atoms with E-state index in [9.17, 15) is 4.79 Å². The van der Waals surface area contributed by atoms with Gasteiger partial charge in [0.15, 0.2) is 5.96 Å². The van der Waals surface area contributed by atoms with Gasteiger partial charge in [0.1, 0.15) is 0 Å². The van der Waals surface area contributed by atoms with E-state index in [0.717, 1.165) is 57.5 Å². The van der Waals surface area contributed by atoms with Crippen LogP contribution in [0.4, 0.5) is 5.69 Å². The van der Waals surface area contributed by atoms with Crippen molar-refractivity contribution in [2.45, 2.75) is 13.1 Å². The van der Waals surface area contributed by atoms with Crippen LogP contribution in [0.2, 0.25) is 0 Å². The van der Waals surface area contributed by atoms with Crippen LogP contribution in [-0.2, 0) is 17.9 Å². The molecule has 2 aromatic carbocycles. The molecule has 2 fully saturated rings. The standard InChI is InChI=1S/C24H32N6O/c1-25-24(29-15-13-28(14-16-29)18-21-5-3-2-4-6-21)27-17-20-7-9-22(10-8-20)30-12-11-26-23(31)19-30/h2-10H,11-19H2,1H3,(H,25,27)(H,26,31). The molecule has 2 aliphatic rings. The molecule has 0 saturated carbocycles. The predicted octanol–water partition coefficient (Wildman–Crippen LogP) is 1.52. The summed E-state index contributed by atoms with van der Waals surface area (Å²) in [5.41, 5.74) is 3.67. The van der Waals surface area contributed by atoms with Crippen molar-refractivity contribution in [2.75, 3.05) is 57.8 Å². The van der Waals surface area contributed by atoms with E-state index in [1.54, 1.807) is 0 Å². The highest BCUT2D eigenvalue weighted by atomic mass is 16.2. The normalized spacial score (nSPS) is 18.1. The van der Waals surface area contributed by atoms with Crippen LogP contribution in [0.3, 0.4) is 0 Å². The van der Waals surface area contributed by atoms with Crippen molar-refractivity contribution in [3.8, 4) is 0 Å². The van der Waals surface area contributed by atoms with Crippen LogP contribution in [0, 0.1) is 0 Å². The number of amides is 1. The number of nitrogens with zero attached hydrogens (tertiary/aromatic N) is 4. The molecule has 0 bridgehead atoms. The summed E-state index contributed by atoms with van der Waals surface area (Å²) < 4.78 is 0. The molecule has 164 valence electrons. The van der Waals surface area contributed by atoms with Crippen LogP contribution in [-0.4, -0.2) is 74.5 Å². The van der Waals surface area contributed by atoms with Crippen molar-refractivity contribution in [1.29, 1.82) is 0 Å². The number of anilines is 1. The molecule has 0 radical (unpaired) electrons. The van der Waals surface area contributed by atoms with Crippen LogP contribution in [0.15, 0.2) is 59.6 Å². The summed E-state index contributed by atoms with van der Waals surface area (Å²) in [5.74, 6) is 1.04. The van der Waals surface area contributed by atoms with Crippen molar-refractivity contribution in [3.63, 3.8) is 0 Å². The van der Waals surface area contributed by atoms with Gasteiger partial charge in [0, 0.05) is 65.1 Å². The molecule has 4 rings (SSSR count). The number of aliphatic imine (C=N–C) groups is 1. The van der Waals surface area contributed by atoms with Crippen LogP contribution in [0.25, 0.3) is 0 Å². The molecular weight excluding hydrogens is 388 g/mol. The number of hydrogen-bond acceptors (Lipinski definition) is 4. The summed E-state index contributed by atoms with van der Waals surface area (Å²) in [6, 6.07) is 19.1. The monoisotopic (exact) mass is 420 g/mol. The molecule has 0 aromatic heterocycles. The van der Waals surface area contributed by atoms with Crippen molar-refractivity contribution in [1.82, 2.24) is 20.4 Å². The van der Waals surface area contributed by atoms with Crippen molar-refractivity contribution in [2.24, 2.45) is 4.99 Å². The average Bonchev–Trinajstić information content (AvgIpc) is 2.81. The lowest BCUT2D eigenvalue weighted by atomic mass is 10.2. The number of piperazine rings is 2. The first-order chi connectivity index (χ1) is 15.2. The molecule has 0 aliphatic carbocycles. The van der Waals surface area contributed by atoms with E-state index in [1.807, 2.05) is 7.05 Å². The Kier molecular flexibility index (Phi) is 7.04. The molecule has 31 heavy (non-hydrogen) atoms. The third-order valence-electron chi connectivity index (χ3n) is 5.92. The van der Waals surface area contributed by atoms with E-state index in [2.05, 4.69) is 84.9 Å². The van der Waals surface area contributed by atoms with E-state index in [4.69, 9.17) is 0 Å². The van der Waals surface area contributed by atoms with Gasteiger partial charge in [-0.05, 0) is 23.3 Å². The van der Waals surface area contributed by atoms with Crippen LogP contribution < -0.4 is 15.5 Å². The first kappa shape index (κ1) is 21.2. The number of hydrogen-bond donors (Lipinski definition) is 2. The van der Waals surface area contributed by atoms with E-state index in [1.165, 1.54) is 11.1 Å². The molecule has 7 nitrogen and oxygen atoms in total. The second kappa shape index (κ2) is 10.3. The van der Waals surface area contributed by atoms with Gasteiger partial charge in [-0.15, -0.1) is 0 Å². The lowest BCUT2D eigenvalue weighted by Gasteiger charge is -2.36. The van der Waals surface area contributed by atoms with Gasteiger partial charge in [0.25, 0.3) is 0 Å². The zero-order chi connectivity index (χ0) is 21.5. The summed E-state index contributed by atoms with van der Waals surface area (Å²) >= 11 is 0. The van der Waals surface area contributed by atoms with Gasteiger partial charge in [-0.1, -0.05) is 42.5 Å². The van der Waals surface area contributed by atoms with Crippen LogP contribution >= 0.6 is 0 Å². The molecule has 2 N–H and O–H groups in total. The summed E-state index contributed by atoms with van der Waals surface area (Å²) in [4.78, 5) is 23.0. The summed E-state index contributed by atoms with van der Waals surface area (Å²) in [5, 5.41) is 6.37. The minimum absolute atomic E-state index is 0.0876. The van der Waals surface area contributed by atoms with E-state index in [-0.39, 0.29) is 5.91 Å². The Hall–Kier alpha value is -3.06. The minimum atomic E-state index is 0.0876. The highest BCUT2D eigenvalue weighted by Gasteiger charge is 2.20. The van der Waals surface area contributed by atoms with Crippen molar-refractivity contribution >= 4 is 17.6 Å². The maximum Gasteiger partial charge on any atom is 0.239 e. The summed E-state index contributed by atoms with van der Waals surface area (Å²) in [6.07, 6.45) is 0. The molecular formula is C24H32N6O. The lowest BCUT2D eigenvalue weighted by Crippen LogP contribution is -2.52. The maximum atomic E-state index is 11.6. The van der Waals surface area contributed by atoms with Crippen LogP contribution in [0.5, 0.6) is 0 Å². The smallest absolute Gasteiger partial charge is 0.239 e. The third-order valence-corrected chi connectivity index (χ3v) is 5.92. The average molecular weight is 421 g/mol.